The molecule has 4 heterocycles. The van der Waals surface area contributed by atoms with Gasteiger partial charge in [0.1, 0.15) is 17.1 Å². The molecule has 2 bridgehead atoms. The predicted molar refractivity (Wildman–Crippen MR) is 175 cm³/mol. The van der Waals surface area contributed by atoms with Crippen molar-refractivity contribution < 1.29 is 14.2 Å². The van der Waals surface area contributed by atoms with Gasteiger partial charge in [0.15, 0.2) is 5.82 Å². The Morgan fingerprint density at radius 1 is 1.16 bits per heavy atom. The first-order valence-corrected chi connectivity index (χ1v) is 16.4. The Labute approximate surface area is 263 Å². The second kappa shape index (κ2) is 12.0. The van der Waals surface area contributed by atoms with Gasteiger partial charge in [0.2, 0.25) is 0 Å². The molecule has 4 aliphatic rings. The molecule has 1 aromatic heterocycles. The molecule has 0 spiro atoms. The molecule has 1 aliphatic carbocycles. The normalized spacial score (nSPS) is 23.5. The number of nitrogens with zero attached hydrogens (tertiary/aromatic N) is 4. The van der Waals surface area contributed by atoms with E-state index in [1.54, 1.807) is 25.1 Å². The Morgan fingerprint density at radius 3 is 2.59 bits per heavy atom. The average molecular weight is 618 g/mol. The van der Waals surface area contributed by atoms with Crippen LogP contribution in [0.1, 0.15) is 68.6 Å². The van der Waals surface area contributed by atoms with Crippen molar-refractivity contribution in [2.75, 3.05) is 37.7 Å². The van der Waals surface area contributed by atoms with Crippen molar-refractivity contribution in [3.05, 3.63) is 69.7 Å². The quantitative estimate of drug-likeness (QED) is 0.196. The van der Waals surface area contributed by atoms with E-state index in [1.165, 1.54) is 38.8 Å². The van der Waals surface area contributed by atoms with Gasteiger partial charge in [-0.3, -0.25) is 4.90 Å². The number of anilines is 1. The first-order valence-electron chi connectivity index (χ1n) is 16.0. The summed E-state index contributed by atoms with van der Waals surface area (Å²) in [6.45, 7) is 8.13. The van der Waals surface area contributed by atoms with Crippen molar-refractivity contribution in [2.24, 2.45) is 0 Å². The number of aliphatic hydroxyl groups excluding tert-OH is 1. The van der Waals surface area contributed by atoms with E-state index in [2.05, 4.69) is 20.1 Å². The second-order valence-corrected chi connectivity index (χ2v) is 13.5. The molecule has 7 nitrogen and oxygen atoms in total. The maximum atomic E-state index is 16.5. The third-order valence-corrected chi connectivity index (χ3v) is 10.3. The van der Waals surface area contributed by atoms with E-state index >= 15 is 4.39 Å². The van der Waals surface area contributed by atoms with E-state index in [-0.39, 0.29) is 33.4 Å². The van der Waals surface area contributed by atoms with Gasteiger partial charge in [0, 0.05) is 41.7 Å². The first kappa shape index (κ1) is 29.5. The Hall–Kier alpha value is -3.20. The highest BCUT2D eigenvalue weighted by Crippen LogP contribution is 2.46. The second-order valence-electron chi connectivity index (χ2n) is 13.1. The topological polar surface area (TPSA) is 73.8 Å². The lowest BCUT2D eigenvalue weighted by atomic mass is 10.0. The largest absolute Gasteiger partial charge is 0.508 e. The maximum absolute atomic E-state index is 16.5. The first-order chi connectivity index (χ1) is 21.3. The number of aliphatic hydroxyl groups is 1. The molecule has 2 N–H and O–H groups in total. The minimum absolute atomic E-state index is 0.0167. The fourth-order valence-electron chi connectivity index (χ4n) is 7.43. The van der Waals surface area contributed by atoms with Crippen LogP contribution in [0.2, 0.25) is 5.02 Å². The van der Waals surface area contributed by atoms with E-state index in [1.807, 2.05) is 31.2 Å². The summed E-state index contributed by atoms with van der Waals surface area (Å²) in [6, 6.07) is 10.5. The Bertz CT molecular complexity index is 1620. The molecule has 1 saturated carbocycles. The number of ether oxygens (including phenoxy) is 1. The molecule has 4 fully saturated rings. The summed E-state index contributed by atoms with van der Waals surface area (Å²) >= 11 is 6.79. The van der Waals surface area contributed by atoms with Gasteiger partial charge in [-0.25, -0.2) is 4.39 Å². The number of hydrogen-bond acceptors (Lipinski definition) is 7. The van der Waals surface area contributed by atoms with Gasteiger partial charge < -0.3 is 20.1 Å². The van der Waals surface area contributed by atoms with Crippen LogP contribution in [0.15, 0.2) is 42.2 Å². The van der Waals surface area contributed by atoms with Gasteiger partial charge in [0.05, 0.1) is 11.6 Å². The number of piperazine rings is 1. The molecule has 2 unspecified atom stereocenters. The highest BCUT2D eigenvalue weighted by Gasteiger charge is 2.48. The molecule has 0 amide bonds. The summed E-state index contributed by atoms with van der Waals surface area (Å²) < 4.78 is 22.8. The van der Waals surface area contributed by atoms with E-state index in [9.17, 15) is 5.11 Å². The number of hydrogen-bond donors (Lipinski definition) is 2. The molecule has 44 heavy (non-hydrogen) atoms. The van der Waals surface area contributed by atoms with Crippen LogP contribution in [0.25, 0.3) is 22.6 Å². The fraction of sp³-hybridized carbons (Fsp3) is 0.486. The predicted octanol–water partition coefficient (Wildman–Crippen LogP) is 7.07. The van der Waals surface area contributed by atoms with Crippen molar-refractivity contribution in [1.29, 1.82) is 0 Å². The van der Waals surface area contributed by atoms with E-state index in [0.29, 0.717) is 35.5 Å². The molecule has 0 radical (unpaired) electrons. The van der Waals surface area contributed by atoms with Gasteiger partial charge in [-0.2, -0.15) is 9.97 Å². The number of likely N-dealkylation sites (tertiary alicyclic amines) is 1. The number of halogens is 2. The van der Waals surface area contributed by atoms with Crippen molar-refractivity contribution in [3.8, 4) is 6.01 Å². The Morgan fingerprint density at radius 2 is 1.89 bits per heavy atom. The molecule has 2 aromatic carbocycles. The lowest BCUT2D eigenvalue weighted by molar-refractivity contribution is 0.171. The number of aromatic nitrogens is 2. The number of nitrogens with one attached hydrogen (secondary N) is 1. The SMILES string of the molecule is C/C(=C\C(O)=C/c1ccccc1C)c1c(Cl)cc2c(N3CC4CCC(C3)N4)nc(OCCC3(N4CCCC4)CC3)nc2c1F. The summed E-state index contributed by atoms with van der Waals surface area (Å²) in [7, 11) is 0. The Balaban J connectivity index is 1.23. The van der Waals surface area contributed by atoms with Crippen molar-refractivity contribution >= 4 is 40.0 Å². The molecule has 9 heteroatoms. The summed E-state index contributed by atoms with van der Waals surface area (Å²) in [5, 5.41) is 15.3. The summed E-state index contributed by atoms with van der Waals surface area (Å²) in [5.74, 6) is 0.149. The summed E-state index contributed by atoms with van der Waals surface area (Å²) in [5.41, 5.74) is 3.07. The van der Waals surface area contributed by atoms with Crippen LogP contribution in [0.3, 0.4) is 0 Å². The highest BCUT2D eigenvalue weighted by atomic mass is 35.5. The van der Waals surface area contributed by atoms with Gasteiger partial charge in [-0.05, 0) is 107 Å². The van der Waals surface area contributed by atoms with Crippen molar-refractivity contribution in [1.82, 2.24) is 20.2 Å². The van der Waals surface area contributed by atoms with Crippen LogP contribution in [0, 0.1) is 12.7 Å². The minimum atomic E-state index is -0.535. The number of aryl methyl sites for hydroxylation is 1. The molecular formula is C35H41ClFN5O2. The van der Waals surface area contributed by atoms with Crippen LogP contribution in [-0.4, -0.2) is 70.4 Å². The fourth-order valence-corrected chi connectivity index (χ4v) is 7.77. The number of benzene rings is 2. The third kappa shape index (κ3) is 5.80. The smallest absolute Gasteiger partial charge is 0.319 e. The van der Waals surface area contributed by atoms with Crippen LogP contribution in [0.4, 0.5) is 10.2 Å². The standard InChI is InChI=1S/C35H41ClFN5O2/c1-22-7-3-4-8-24(22)18-27(43)17-23(2)30-29(36)19-28-32(31(30)37)39-34(40-33(28)41-20-25-9-10-26(21-41)38-25)44-16-13-35(11-12-35)42-14-5-6-15-42/h3-4,7-8,17-19,25-26,38,43H,5-6,9-16,20-21H2,1-2H3/b23-17+,27-18+. The highest BCUT2D eigenvalue weighted by molar-refractivity contribution is 6.33. The van der Waals surface area contributed by atoms with Gasteiger partial charge in [-0.1, -0.05) is 35.9 Å². The van der Waals surface area contributed by atoms with Gasteiger partial charge in [0.25, 0.3) is 0 Å². The van der Waals surface area contributed by atoms with Crippen LogP contribution < -0.4 is 15.0 Å². The van der Waals surface area contributed by atoms with Crippen LogP contribution >= 0.6 is 11.6 Å². The minimum Gasteiger partial charge on any atom is -0.508 e. The summed E-state index contributed by atoms with van der Waals surface area (Å²) in [6.07, 6.45) is 11.3. The van der Waals surface area contributed by atoms with Crippen molar-refractivity contribution in [2.45, 2.75) is 76.4 Å². The molecule has 2 atom stereocenters. The monoisotopic (exact) mass is 617 g/mol. The van der Waals surface area contributed by atoms with Crippen LogP contribution in [0.5, 0.6) is 6.01 Å². The van der Waals surface area contributed by atoms with E-state index < -0.39 is 5.82 Å². The molecule has 232 valence electrons. The van der Waals surface area contributed by atoms with Crippen molar-refractivity contribution in [3.63, 3.8) is 0 Å². The van der Waals surface area contributed by atoms with E-state index in [4.69, 9.17) is 21.3 Å². The van der Waals surface area contributed by atoms with Gasteiger partial charge in [-0.15, -0.1) is 0 Å². The van der Waals surface area contributed by atoms with Crippen LogP contribution in [-0.2, 0) is 0 Å². The third-order valence-electron chi connectivity index (χ3n) is 10.0. The zero-order chi connectivity index (χ0) is 30.4. The van der Waals surface area contributed by atoms with Gasteiger partial charge >= 0.3 is 6.01 Å². The number of rotatable bonds is 9. The zero-order valence-electron chi connectivity index (χ0n) is 25.6. The lowest BCUT2D eigenvalue weighted by Gasteiger charge is -2.34. The molecular weight excluding hydrogens is 577 g/mol. The number of fused-ring (bicyclic) bond motifs is 3. The molecule has 7 rings (SSSR count). The summed E-state index contributed by atoms with van der Waals surface area (Å²) in [4.78, 5) is 14.4. The van der Waals surface area contributed by atoms with E-state index in [0.717, 1.165) is 43.5 Å². The number of allylic oxidation sites excluding steroid dienone is 2. The zero-order valence-corrected chi connectivity index (χ0v) is 26.3. The Kier molecular flexibility index (Phi) is 8.02. The lowest BCUT2D eigenvalue weighted by Crippen LogP contribution is -2.51. The molecule has 3 aliphatic heterocycles. The molecule has 3 aromatic rings. The maximum Gasteiger partial charge on any atom is 0.319 e. The average Bonchev–Trinajstić information content (AvgIpc) is 3.40. The molecule has 3 saturated heterocycles.